The standard InChI is InChI=1S/C14H27N3/c1-15-7-3-13(4-8-15)11-17-10-9-16(2)12-14(17)5-6-14/h13H,3-12H2,1-2H3. The van der Waals surface area contributed by atoms with E-state index in [0.29, 0.717) is 5.54 Å². The van der Waals surface area contributed by atoms with Gasteiger partial charge in [0, 0.05) is 31.7 Å². The minimum absolute atomic E-state index is 0.607. The Morgan fingerprint density at radius 3 is 2.29 bits per heavy atom. The Hall–Kier alpha value is -0.120. The summed E-state index contributed by atoms with van der Waals surface area (Å²) < 4.78 is 0. The molecule has 0 aromatic carbocycles. The van der Waals surface area contributed by atoms with Crippen molar-refractivity contribution in [3.8, 4) is 0 Å². The maximum atomic E-state index is 2.84. The van der Waals surface area contributed by atoms with Gasteiger partial charge in [0.05, 0.1) is 0 Å². The number of nitrogens with zero attached hydrogens (tertiary/aromatic N) is 3. The van der Waals surface area contributed by atoms with Crippen LogP contribution < -0.4 is 0 Å². The maximum Gasteiger partial charge on any atom is 0.0338 e. The molecule has 3 rings (SSSR count). The fraction of sp³-hybridized carbons (Fsp3) is 1.00. The normalized spacial score (nSPS) is 32.1. The molecule has 0 aromatic rings. The van der Waals surface area contributed by atoms with Gasteiger partial charge in [0.25, 0.3) is 0 Å². The summed E-state index contributed by atoms with van der Waals surface area (Å²) in [6, 6.07) is 0. The molecule has 0 N–H and O–H groups in total. The Kier molecular flexibility index (Phi) is 3.18. The second-order valence-electron chi connectivity index (χ2n) is 6.65. The number of likely N-dealkylation sites (tertiary alicyclic amines) is 1. The molecule has 0 bridgehead atoms. The molecule has 0 aromatic heterocycles. The zero-order chi connectivity index (χ0) is 11.9. The second kappa shape index (κ2) is 4.52. The maximum absolute atomic E-state index is 2.84. The summed E-state index contributed by atoms with van der Waals surface area (Å²) in [7, 11) is 4.54. The number of piperidine rings is 1. The van der Waals surface area contributed by atoms with E-state index in [1.165, 1.54) is 65.0 Å². The van der Waals surface area contributed by atoms with E-state index in [0.717, 1.165) is 5.92 Å². The highest BCUT2D eigenvalue weighted by molar-refractivity contribution is 5.08. The fourth-order valence-electron chi connectivity index (χ4n) is 3.67. The fourth-order valence-corrected chi connectivity index (χ4v) is 3.67. The predicted molar refractivity (Wildman–Crippen MR) is 71.3 cm³/mol. The van der Waals surface area contributed by atoms with Crippen molar-refractivity contribution in [1.29, 1.82) is 0 Å². The van der Waals surface area contributed by atoms with Gasteiger partial charge in [-0.3, -0.25) is 4.90 Å². The average Bonchev–Trinajstić information content (AvgIpc) is 3.06. The third kappa shape index (κ3) is 2.51. The SMILES string of the molecule is CN1CCC(CN2CCN(C)CC23CC3)CC1. The van der Waals surface area contributed by atoms with Crippen LogP contribution in [0.25, 0.3) is 0 Å². The smallest absolute Gasteiger partial charge is 0.0338 e. The molecule has 3 fully saturated rings. The molecule has 3 aliphatic rings. The van der Waals surface area contributed by atoms with Crippen LogP contribution in [-0.2, 0) is 0 Å². The van der Waals surface area contributed by atoms with Crippen LogP contribution >= 0.6 is 0 Å². The van der Waals surface area contributed by atoms with Crippen LogP contribution in [0.4, 0.5) is 0 Å². The first-order valence-corrected chi connectivity index (χ1v) is 7.30. The van der Waals surface area contributed by atoms with Gasteiger partial charge in [-0.05, 0) is 58.8 Å². The highest BCUT2D eigenvalue weighted by atomic mass is 15.3. The molecule has 3 nitrogen and oxygen atoms in total. The summed E-state index contributed by atoms with van der Waals surface area (Å²) in [6.45, 7) is 7.90. The lowest BCUT2D eigenvalue weighted by Crippen LogP contribution is -2.55. The van der Waals surface area contributed by atoms with Crippen molar-refractivity contribution in [2.45, 2.75) is 31.2 Å². The third-order valence-electron chi connectivity index (χ3n) is 5.13. The van der Waals surface area contributed by atoms with Crippen molar-refractivity contribution < 1.29 is 0 Å². The Morgan fingerprint density at radius 2 is 1.65 bits per heavy atom. The van der Waals surface area contributed by atoms with Crippen LogP contribution in [0, 0.1) is 5.92 Å². The van der Waals surface area contributed by atoms with Gasteiger partial charge in [-0.2, -0.15) is 0 Å². The molecule has 1 saturated carbocycles. The lowest BCUT2D eigenvalue weighted by atomic mass is 9.95. The Morgan fingerprint density at radius 1 is 0.941 bits per heavy atom. The van der Waals surface area contributed by atoms with E-state index in [-0.39, 0.29) is 0 Å². The number of piperazine rings is 1. The number of likely N-dealkylation sites (N-methyl/N-ethyl adjacent to an activating group) is 1. The van der Waals surface area contributed by atoms with Gasteiger partial charge < -0.3 is 9.80 Å². The monoisotopic (exact) mass is 237 g/mol. The molecule has 0 atom stereocenters. The quantitative estimate of drug-likeness (QED) is 0.712. The lowest BCUT2D eigenvalue weighted by Gasteiger charge is -2.43. The van der Waals surface area contributed by atoms with Gasteiger partial charge in [-0.15, -0.1) is 0 Å². The van der Waals surface area contributed by atoms with Crippen LogP contribution in [0.3, 0.4) is 0 Å². The average molecular weight is 237 g/mol. The first kappa shape index (κ1) is 11.9. The van der Waals surface area contributed by atoms with Gasteiger partial charge in [-0.25, -0.2) is 0 Å². The van der Waals surface area contributed by atoms with Crippen molar-refractivity contribution in [2.24, 2.45) is 5.92 Å². The number of hydrogen-bond donors (Lipinski definition) is 0. The highest BCUT2D eigenvalue weighted by Crippen LogP contribution is 2.44. The molecule has 0 radical (unpaired) electrons. The lowest BCUT2D eigenvalue weighted by molar-refractivity contribution is 0.0488. The van der Waals surface area contributed by atoms with E-state index in [1.54, 1.807) is 0 Å². The summed E-state index contributed by atoms with van der Waals surface area (Å²) in [5.41, 5.74) is 0.607. The summed E-state index contributed by atoms with van der Waals surface area (Å²) in [4.78, 5) is 7.84. The van der Waals surface area contributed by atoms with Gasteiger partial charge in [0.1, 0.15) is 0 Å². The summed E-state index contributed by atoms with van der Waals surface area (Å²) in [5.74, 6) is 0.965. The summed E-state index contributed by atoms with van der Waals surface area (Å²) >= 11 is 0. The molecule has 1 aliphatic carbocycles. The molecule has 0 unspecified atom stereocenters. The minimum atomic E-state index is 0.607. The molecule has 2 aliphatic heterocycles. The van der Waals surface area contributed by atoms with Gasteiger partial charge >= 0.3 is 0 Å². The van der Waals surface area contributed by atoms with E-state index >= 15 is 0 Å². The van der Waals surface area contributed by atoms with Crippen LogP contribution in [0.1, 0.15) is 25.7 Å². The van der Waals surface area contributed by atoms with Crippen molar-refractivity contribution in [2.75, 3.05) is 53.4 Å². The zero-order valence-electron chi connectivity index (χ0n) is 11.5. The Labute approximate surface area is 106 Å². The van der Waals surface area contributed by atoms with Crippen LogP contribution in [0.15, 0.2) is 0 Å². The van der Waals surface area contributed by atoms with Crippen molar-refractivity contribution in [1.82, 2.24) is 14.7 Å². The molecule has 0 amide bonds. The number of rotatable bonds is 2. The minimum Gasteiger partial charge on any atom is -0.306 e. The van der Waals surface area contributed by atoms with Gasteiger partial charge in [0.2, 0.25) is 0 Å². The van der Waals surface area contributed by atoms with Crippen molar-refractivity contribution >= 4 is 0 Å². The zero-order valence-corrected chi connectivity index (χ0v) is 11.5. The second-order valence-corrected chi connectivity index (χ2v) is 6.65. The molecule has 3 heteroatoms. The van der Waals surface area contributed by atoms with Crippen LogP contribution in [0.5, 0.6) is 0 Å². The molecular formula is C14H27N3. The first-order valence-electron chi connectivity index (χ1n) is 7.30. The topological polar surface area (TPSA) is 9.72 Å². The number of hydrogen-bond acceptors (Lipinski definition) is 3. The van der Waals surface area contributed by atoms with Crippen LogP contribution in [-0.4, -0.2) is 73.6 Å². The first-order chi connectivity index (χ1) is 8.18. The Balaban J connectivity index is 1.54. The summed E-state index contributed by atoms with van der Waals surface area (Å²) in [5, 5.41) is 0. The highest BCUT2D eigenvalue weighted by Gasteiger charge is 2.50. The Bertz CT molecular complexity index is 267. The molecular weight excluding hydrogens is 210 g/mol. The molecule has 2 saturated heterocycles. The van der Waals surface area contributed by atoms with E-state index < -0.39 is 0 Å². The van der Waals surface area contributed by atoms with Crippen molar-refractivity contribution in [3.05, 3.63) is 0 Å². The van der Waals surface area contributed by atoms with Gasteiger partial charge in [0.15, 0.2) is 0 Å². The molecule has 98 valence electrons. The molecule has 17 heavy (non-hydrogen) atoms. The van der Waals surface area contributed by atoms with E-state index in [9.17, 15) is 0 Å². The van der Waals surface area contributed by atoms with E-state index in [1.807, 2.05) is 0 Å². The van der Waals surface area contributed by atoms with E-state index in [4.69, 9.17) is 0 Å². The largest absolute Gasteiger partial charge is 0.306 e. The molecule has 1 spiro atoms. The van der Waals surface area contributed by atoms with Crippen molar-refractivity contribution in [3.63, 3.8) is 0 Å². The van der Waals surface area contributed by atoms with E-state index in [2.05, 4.69) is 28.8 Å². The summed E-state index contributed by atoms with van der Waals surface area (Å²) in [6.07, 6.45) is 5.73. The third-order valence-corrected chi connectivity index (χ3v) is 5.13. The van der Waals surface area contributed by atoms with Gasteiger partial charge in [-0.1, -0.05) is 0 Å². The van der Waals surface area contributed by atoms with Crippen LogP contribution in [0.2, 0.25) is 0 Å². The predicted octanol–water partition coefficient (Wildman–Crippen LogP) is 1.11. The molecule has 2 heterocycles.